The highest BCUT2D eigenvalue weighted by Crippen LogP contribution is 2.28. The van der Waals surface area contributed by atoms with Crippen LogP contribution in [0.15, 0.2) is 0 Å². The van der Waals surface area contributed by atoms with E-state index >= 15 is 0 Å². The zero-order chi connectivity index (χ0) is 12.3. The molecule has 1 fully saturated rings. The Hall–Kier alpha value is -0.730. The fraction of sp³-hybridized carbons (Fsp3) is 0.923. The Bertz CT molecular complexity index is 239. The zero-order valence-electron chi connectivity index (χ0n) is 11.2. The Morgan fingerprint density at radius 1 is 1.38 bits per heavy atom. The average Bonchev–Trinajstić information content (AvgIpc) is 2.84. The minimum Gasteiger partial charge on any atom is -0.444 e. The summed E-state index contributed by atoms with van der Waals surface area (Å²) in [7, 11) is 0. The maximum Gasteiger partial charge on any atom is 0.410 e. The standard InChI is InChI=1S/C13H25NO2/c1-10(2)8-9-14(11-6-7-11)12(15)16-13(3,4)5/h10-11H,6-9H2,1-5H3. The third-order valence-electron chi connectivity index (χ3n) is 2.56. The second-order valence-corrected chi connectivity index (χ2v) is 6.09. The second kappa shape index (κ2) is 5.07. The molecule has 16 heavy (non-hydrogen) atoms. The lowest BCUT2D eigenvalue weighted by Gasteiger charge is -2.27. The van der Waals surface area contributed by atoms with E-state index in [9.17, 15) is 4.79 Å². The van der Waals surface area contributed by atoms with E-state index in [4.69, 9.17) is 4.74 Å². The van der Waals surface area contributed by atoms with Crippen molar-refractivity contribution in [3.05, 3.63) is 0 Å². The molecule has 0 bridgehead atoms. The lowest BCUT2D eigenvalue weighted by Crippen LogP contribution is -2.39. The van der Waals surface area contributed by atoms with E-state index in [0.29, 0.717) is 12.0 Å². The largest absolute Gasteiger partial charge is 0.444 e. The Morgan fingerprint density at radius 2 is 1.94 bits per heavy atom. The molecule has 1 saturated carbocycles. The van der Waals surface area contributed by atoms with Gasteiger partial charge < -0.3 is 9.64 Å². The van der Waals surface area contributed by atoms with E-state index in [1.165, 1.54) is 0 Å². The molecule has 0 aromatic carbocycles. The van der Waals surface area contributed by atoms with Gasteiger partial charge in [-0.2, -0.15) is 0 Å². The monoisotopic (exact) mass is 227 g/mol. The third kappa shape index (κ3) is 4.86. The number of rotatable bonds is 4. The van der Waals surface area contributed by atoms with Crippen LogP contribution in [0.2, 0.25) is 0 Å². The molecular weight excluding hydrogens is 202 g/mol. The van der Waals surface area contributed by atoms with Gasteiger partial charge in [0, 0.05) is 12.6 Å². The van der Waals surface area contributed by atoms with Crippen LogP contribution in [0.3, 0.4) is 0 Å². The molecule has 0 spiro atoms. The van der Waals surface area contributed by atoms with Gasteiger partial charge in [-0.3, -0.25) is 0 Å². The summed E-state index contributed by atoms with van der Waals surface area (Å²) in [5.74, 6) is 0.628. The number of carbonyl (C=O) groups is 1. The van der Waals surface area contributed by atoms with Crippen molar-refractivity contribution < 1.29 is 9.53 Å². The maximum absolute atomic E-state index is 12.0. The van der Waals surface area contributed by atoms with E-state index < -0.39 is 0 Å². The summed E-state index contributed by atoms with van der Waals surface area (Å²) < 4.78 is 5.42. The Labute approximate surface area is 99.1 Å². The molecule has 0 aromatic heterocycles. The van der Waals surface area contributed by atoms with Gasteiger partial charge in [-0.05, 0) is 46.0 Å². The predicted octanol–water partition coefficient (Wildman–Crippen LogP) is 3.43. The highest BCUT2D eigenvalue weighted by Gasteiger charge is 2.34. The summed E-state index contributed by atoms with van der Waals surface area (Å²) in [5.41, 5.74) is -0.387. The molecule has 0 aromatic rings. The topological polar surface area (TPSA) is 29.5 Å². The number of hydrogen-bond donors (Lipinski definition) is 0. The van der Waals surface area contributed by atoms with E-state index in [0.717, 1.165) is 25.8 Å². The Kier molecular flexibility index (Phi) is 4.22. The molecule has 1 amide bonds. The van der Waals surface area contributed by atoms with Crippen LogP contribution in [0, 0.1) is 5.92 Å². The summed E-state index contributed by atoms with van der Waals surface area (Å²) in [6, 6.07) is 0.439. The number of carbonyl (C=O) groups excluding carboxylic acids is 1. The number of hydrogen-bond acceptors (Lipinski definition) is 2. The van der Waals surface area contributed by atoms with Gasteiger partial charge in [0.2, 0.25) is 0 Å². The lowest BCUT2D eigenvalue weighted by atomic mass is 10.1. The second-order valence-electron chi connectivity index (χ2n) is 6.09. The van der Waals surface area contributed by atoms with Crippen LogP contribution in [-0.4, -0.2) is 29.2 Å². The molecule has 0 saturated heterocycles. The van der Waals surface area contributed by atoms with Crippen molar-refractivity contribution in [2.24, 2.45) is 5.92 Å². The molecular formula is C13H25NO2. The maximum atomic E-state index is 12.0. The molecule has 0 N–H and O–H groups in total. The summed E-state index contributed by atoms with van der Waals surface area (Å²) in [5, 5.41) is 0. The van der Waals surface area contributed by atoms with Crippen LogP contribution in [-0.2, 0) is 4.74 Å². The number of ether oxygens (including phenoxy) is 1. The Morgan fingerprint density at radius 3 is 2.31 bits per heavy atom. The molecule has 0 atom stereocenters. The van der Waals surface area contributed by atoms with E-state index in [1.807, 2.05) is 25.7 Å². The Balaban J connectivity index is 2.46. The minimum absolute atomic E-state index is 0.143. The van der Waals surface area contributed by atoms with Crippen molar-refractivity contribution in [2.75, 3.05) is 6.54 Å². The van der Waals surface area contributed by atoms with Crippen molar-refractivity contribution in [1.29, 1.82) is 0 Å². The summed E-state index contributed by atoms with van der Waals surface area (Å²) in [4.78, 5) is 13.9. The van der Waals surface area contributed by atoms with Crippen molar-refractivity contribution in [2.45, 2.75) is 65.5 Å². The van der Waals surface area contributed by atoms with E-state index in [2.05, 4.69) is 13.8 Å². The molecule has 0 radical (unpaired) electrons. The van der Waals surface area contributed by atoms with Gasteiger partial charge in [0.1, 0.15) is 5.60 Å². The van der Waals surface area contributed by atoms with Crippen molar-refractivity contribution in [1.82, 2.24) is 4.90 Å². The van der Waals surface area contributed by atoms with Crippen LogP contribution >= 0.6 is 0 Å². The molecule has 1 aliphatic carbocycles. The summed E-state index contributed by atoms with van der Waals surface area (Å²) in [6.45, 7) is 10.9. The molecule has 1 aliphatic rings. The molecule has 0 aliphatic heterocycles. The molecule has 0 heterocycles. The van der Waals surface area contributed by atoms with Crippen LogP contribution in [0.25, 0.3) is 0 Å². The van der Waals surface area contributed by atoms with Gasteiger partial charge in [-0.25, -0.2) is 4.79 Å². The fourth-order valence-corrected chi connectivity index (χ4v) is 1.53. The molecule has 94 valence electrons. The smallest absolute Gasteiger partial charge is 0.410 e. The van der Waals surface area contributed by atoms with E-state index in [1.54, 1.807) is 0 Å². The first-order valence-electron chi connectivity index (χ1n) is 6.29. The van der Waals surface area contributed by atoms with Gasteiger partial charge in [0.15, 0.2) is 0 Å². The predicted molar refractivity (Wildman–Crippen MR) is 65.4 cm³/mol. The van der Waals surface area contributed by atoms with Gasteiger partial charge in [-0.1, -0.05) is 13.8 Å². The summed E-state index contributed by atoms with van der Waals surface area (Å²) in [6.07, 6.45) is 3.18. The van der Waals surface area contributed by atoms with E-state index in [-0.39, 0.29) is 11.7 Å². The fourth-order valence-electron chi connectivity index (χ4n) is 1.53. The zero-order valence-corrected chi connectivity index (χ0v) is 11.2. The van der Waals surface area contributed by atoms with Crippen LogP contribution in [0.4, 0.5) is 4.79 Å². The quantitative estimate of drug-likeness (QED) is 0.736. The van der Waals surface area contributed by atoms with Crippen molar-refractivity contribution in [3.8, 4) is 0 Å². The van der Waals surface area contributed by atoms with Crippen LogP contribution in [0.5, 0.6) is 0 Å². The summed E-state index contributed by atoms with van der Waals surface area (Å²) >= 11 is 0. The first-order valence-corrected chi connectivity index (χ1v) is 6.29. The first-order chi connectivity index (χ1) is 7.29. The molecule has 1 rings (SSSR count). The first kappa shape index (κ1) is 13.3. The molecule has 3 nitrogen and oxygen atoms in total. The lowest BCUT2D eigenvalue weighted by molar-refractivity contribution is 0.0226. The SMILES string of the molecule is CC(C)CCN(C(=O)OC(C)(C)C)C1CC1. The van der Waals surface area contributed by atoms with Crippen LogP contribution in [0.1, 0.15) is 53.9 Å². The number of amides is 1. The normalized spacial score (nSPS) is 16.4. The number of nitrogens with zero attached hydrogens (tertiary/aromatic N) is 1. The van der Waals surface area contributed by atoms with Gasteiger partial charge in [0.05, 0.1) is 0 Å². The molecule has 3 heteroatoms. The van der Waals surface area contributed by atoms with Gasteiger partial charge in [-0.15, -0.1) is 0 Å². The minimum atomic E-state index is -0.387. The average molecular weight is 227 g/mol. The highest BCUT2D eigenvalue weighted by atomic mass is 16.6. The van der Waals surface area contributed by atoms with Gasteiger partial charge in [0.25, 0.3) is 0 Å². The van der Waals surface area contributed by atoms with Gasteiger partial charge >= 0.3 is 6.09 Å². The molecule has 0 unspecified atom stereocenters. The van der Waals surface area contributed by atoms with Crippen molar-refractivity contribution >= 4 is 6.09 Å². The highest BCUT2D eigenvalue weighted by molar-refractivity contribution is 5.69. The van der Waals surface area contributed by atoms with Crippen LogP contribution < -0.4 is 0 Å². The van der Waals surface area contributed by atoms with Crippen molar-refractivity contribution in [3.63, 3.8) is 0 Å². The third-order valence-corrected chi connectivity index (χ3v) is 2.56.